The maximum absolute atomic E-state index is 12.8. The SMILES string of the molecule is O=C1CCC2(CCCN(C(=O)Cn3nc4ccccc4n3)C2)CN1CCO. The van der Waals surface area contributed by atoms with Crippen molar-refractivity contribution in [1.29, 1.82) is 0 Å². The second kappa shape index (κ2) is 7.26. The minimum atomic E-state index is -0.0563. The fourth-order valence-corrected chi connectivity index (χ4v) is 4.38. The zero-order chi connectivity index (χ0) is 18.9. The van der Waals surface area contributed by atoms with Crippen LogP contribution in [0.1, 0.15) is 25.7 Å². The summed E-state index contributed by atoms with van der Waals surface area (Å²) in [4.78, 5) is 30.0. The predicted molar refractivity (Wildman–Crippen MR) is 98.7 cm³/mol. The normalized spacial score (nSPS) is 23.4. The summed E-state index contributed by atoms with van der Waals surface area (Å²) in [5.41, 5.74) is 1.51. The van der Waals surface area contributed by atoms with Crippen LogP contribution in [0.5, 0.6) is 0 Å². The van der Waals surface area contributed by atoms with Crippen LogP contribution >= 0.6 is 0 Å². The topological polar surface area (TPSA) is 91.6 Å². The van der Waals surface area contributed by atoms with E-state index in [9.17, 15) is 14.7 Å². The van der Waals surface area contributed by atoms with Crippen LogP contribution in [-0.2, 0) is 16.1 Å². The van der Waals surface area contributed by atoms with E-state index in [1.807, 2.05) is 29.2 Å². The van der Waals surface area contributed by atoms with Gasteiger partial charge in [-0.3, -0.25) is 9.59 Å². The lowest BCUT2D eigenvalue weighted by atomic mass is 9.73. The first-order valence-corrected chi connectivity index (χ1v) is 9.55. The van der Waals surface area contributed by atoms with E-state index in [1.165, 1.54) is 4.80 Å². The molecule has 1 aromatic heterocycles. The molecule has 8 heteroatoms. The smallest absolute Gasteiger partial charge is 0.246 e. The van der Waals surface area contributed by atoms with Crippen molar-refractivity contribution in [2.24, 2.45) is 5.41 Å². The maximum atomic E-state index is 12.8. The quantitative estimate of drug-likeness (QED) is 0.852. The number of aliphatic hydroxyl groups excluding tert-OH is 1. The van der Waals surface area contributed by atoms with Crippen molar-refractivity contribution in [3.05, 3.63) is 24.3 Å². The molecule has 1 N–H and O–H groups in total. The number of aliphatic hydroxyl groups is 1. The summed E-state index contributed by atoms with van der Waals surface area (Å²) < 4.78 is 0. The molecular formula is C19H25N5O3. The molecule has 2 fully saturated rings. The molecule has 1 spiro atoms. The van der Waals surface area contributed by atoms with E-state index in [2.05, 4.69) is 10.2 Å². The van der Waals surface area contributed by atoms with Crippen LogP contribution in [0.25, 0.3) is 11.0 Å². The number of carbonyl (C=O) groups excluding carboxylic acids is 2. The molecule has 1 unspecified atom stereocenters. The number of nitrogens with zero attached hydrogens (tertiary/aromatic N) is 5. The Morgan fingerprint density at radius 1 is 1.15 bits per heavy atom. The Labute approximate surface area is 157 Å². The van der Waals surface area contributed by atoms with Gasteiger partial charge in [-0.05, 0) is 31.4 Å². The lowest BCUT2D eigenvalue weighted by Gasteiger charge is -2.48. The molecule has 0 saturated carbocycles. The Morgan fingerprint density at radius 2 is 1.89 bits per heavy atom. The number of piperidine rings is 2. The van der Waals surface area contributed by atoms with Gasteiger partial charge in [-0.2, -0.15) is 15.0 Å². The van der Waals surface area contributed by atoms with E-state index in [1.54, 1.807) is 4.90 Å². The van der Waals surface area contributed by atoms with Crippen molar-refractivity contribution in [1.82, 2.24) is 24.8 Å². The number of benzene rings is 1. The number of rotatable bonds is 4. The third kappa shape index (κ3) is 3.66. The van der Waals surface area contributed by atoms with E-state index in [-0.39, 0.29) is 30.4 Å². The molecule has 1 aromatic carbocycles. The van der Waals surface area contributed by atoms with E-state index in [0.717, 1.165) is 36.8 Å². The maximum Gasteiger partial charge on any atom is 0.246 e. The molecule has 2 saturated heterocycles. The van der Waals surface area contributed by atoms with E-state index in [0.29, 0.717) is 26.1 Å². The second-order valence-corrected chi connectivity index (χ2v) is 7.68. The molecular weight excluding hydrogens is 346 g/mol. The van der Waals surface area contributed by atoms with Crippen LogP contribution in [-0.4, -0.2) is 74.5 Å². The largest absolute Gasteiger partial charge is 0.395 e. The molecule has 4 rings (SSSR count). The van der Waals surface area contributed by atoms with Crippen LogP contribution in [0.2, 0.25) is 0 Å². The van der Waals surface area contributed by atoms with Crippen LogP contribution in [0.15, 0.2) is 24.3 Å². The summed E-state index contributed by atoms with van der Waals surface area (Å²) in [6, 6.07) is 7.57. The summed E-state index contributed by atoms with van der Waals surface area (Å²) in [5, 5.41) is 18.0. The number of fused-ring (bicyclic) bond motifs is 1. The van der Waals surface area contributed by atoms with Gasteiger partial charge in [0, 0.05) is 38.0 Å². The summed E-state index contributed by atoms with van der Waals surface area (Å²) in [6.07, 6.45) is 3.24. The van der Waals surface area contributed by atoms with Gasteiger partial charge >= 0.3 is 0 Å². The van der Waals surface area contributed by atoms with Gasteiger partial charge in [0.15, 0.2) is 0 Å². The first-order valence-electron chi connectivity index (χ1n) is 9.55. The van der Waals surface area contributed by atoms with Gasteiger partial charge in [0.2, 0.25) is 11.8 Å². The van der Waals surface area contributed by atoms with Gasteiger partial charge in [-0.1, -0.05) is 12.1 Å². The zero-order valence-corrected chi connectivity index (χ0v) is 15.4. The molecule has 2 aliphatic rings. The average Bonchev–Trinajstić information content (AvgIpc) is 3.07. The first kappa shape index (κ1) is 17.9. The van der Waals surface area contributed by atoms with Crippen LogP contribution in [0.4, 0.5) is 0 Å². The minimum Gasteiger partial charge on any atom is -0.395 e. The van der Waals surface area contributed by atoms with Gasteiger partial charge in [0.25, 0.3) is 0 Å². The monoisotopic (exact) mass is 371 g/mol. The summed E-state index contributed by atoms with van der Waals surface area (Å²) in [6.45, 7) is 2.49. The molecule has 27 heavy (non-hydrogen) atoms. The average molecular weight is 371 g/mol. The van der Waals surface area contributed by atoms with Crippen molar-refractivity contribution in [2.75, 3.05) is 32.8 Å². The summed E-state index contributed by atoms with van der Waals surface area (Å²) in [5.74, 6) is 0.116. The Morgan fingerprint density at radius 3 is 2.59 bits per heavy atom. The first-order chi connectivity index (χ1) is 13.1. The highest BCUT2D eigenvalue weighted by Gasteiger charge is 2.42. The Bertz CT molecular complexity index is 818. The number of likely N-dealkylation sites (tertiary alicyclic amines) is 2. The van der Waals surface area contributed by atoms with Crippen LogP contribution < -0.4 is 0 Å². The number of hydrogen-bond donors (Lipinski definition) is 1. The molecule has 2 amide bonds. The van der Waals surface area contributed by atoms with Gasteiger partial charge in [-0.25, -0.2) is 0 Å². The van der Waals surface area contributed by atoms with Gasteiger partial charge in [-0.15, -0.1) is 0 Å². The highest BCUT2D eigenvalue weighted by molar-refractivity contribution is 5.78. The van der Waals surface area contributed by atoms with Crippen LogP contribution in [0, 0.1) is 5.41 Å². The number of β-amino-alcohol motifs (C(OH)–C–C–N with tert-alkyl or cyclic N) is 1. The molecule has 2 aliphatic heterocycles. The van der Waals surface area contributed by atoms with Crippen molar-refractivity contribution in [2.45, 2.75) is 32.2 Å². The molecule has 0 radical (unpaired) electrons. The number of hydrogen-bond acceptors (Lipinski definition) is 5. The fraction of sp³-hybridized carbons (Fsp3) is 0.579. The molecule has 144 valence electrons. The van der Waals surface area contributed by atoms with Crippen LogP contribution in [0.3, 0.4) is 0 Å². The minimum absolute atomic E-state index is 0.0139. The van der Waals surface area contributed by atoms with E-state index in [4.69, 9.17) is 0 Å². The predicted octanol–water partition coefficient (Wildman–Crippen LogP) is 0.655. The summed E-state index contributed by atoms with van der Waals surface area (Å²) >= 11 is 0. The number of amides is 2. The van der Waals surface area contributed by atoms with Gasteiger partial charge in [0.05, 0.1) is 6.61 Å². The van der Waals surface area contributed by atoms with Crippen molar-refractivity contribution < 1.29 is 14.7 Å². The highest BCUT2D eigenvalue weighted by atomic mass is 16.3. The van der Waals surface area contributed by atoms with Crippen molar-refractivity contribution in [3.8, 4) is 0 Å². The number of aromatic nitrogens is 3. The Balaban J connectivity index is 1.44. The lowest BCUT2D eigenvalue weighted by molar-refractivity contribution is -0.143. The number of carbonyl (C=O) groups is 2. The lowest BCUT2D eigenvalue weighted by Crippen LogP contribution is -2.55. The Kier molecular flexibility index (Phi) is 4.82. The van der Waals surface area contributed by atoms with Crippen molar-refractivity contribution >= 4 is 22.8 Å². The van der Waals surface area contributed by atoms with Crippen molar-refractivity contribution in [3.63, 3.8) is 0 Å². The highest BCUT2D eigenvalue weighted by Crippen LogP contribution is 2.38. The van der Waals surface area contributed by atoms with Gasteiger partial charge in [0.1, 0.15) is 17.6 Å². The van der Waals surface area contributed by atoms with E-state index < -0.39 is 0 Å². The molecule has 3 heterocycles. The Hall–Kier alpha value is -2.48. The fourth-order valence-electron chi connectivity index (χ4n) is 4.38. The zero-order valence-electron chi connectivity index (χ0n) is 15.4. The third-order valence-corrected chi connectivity index (χ3v) is 5.74. The summed E-state index contributed by atoms with van der Waals surface area (Å²) in [7, 11) is 0. The molecule has 2 aromatic rings. The molecule has 0 aliphatic carbocycles. The van der Waals surface area contributed by atoms with E-state index >= 15 is 0 Å². The molecule has 8 nitrogen and oxygen atoms in total. The molecule has 1 atom stereocenters. The second-order valence-electron chi connectivity index (χ2n) is 7.68. The molecule has 0 bridgehead atoms. The third-order valence-electron chi connectivity index (χ3n) is 5.74. The standard InChI is InChI=1S/C19H25N5O3/c25-11-10-23-14-19(8-6-17(23)26)7-3-9-22(13-19)18(27)12-24-20-15-4-1-2-5-16(15)21-24/h1-2,4-5,25H,3,6-14H2. The van der Waals surface area contributed by atoms with Gasteiger partial charge < -0.3 is 14.9 Å².